The summed E-state index contributed by atoms with van der Waals surface area (Å²) < 4.78 is 0. The molecule has 0 fully saturated rings. The van der Waals surface area contributed by atoms with Gasteiger partial charge in [0.05, 0.1) is 11.7 Å². The Morgan fingerprint density at radius 2 is 1.87 bits per heavy atom. The molecule has 1 atom stereocenters. The molecule has 0 aliphatic carbocycles. The number of aromatic nitrogens is 2. The van der Waals surface area contributed by atoms with Crippen LogP contribution in [0.15, 0.2) is 48.9 Å². The molecule has 4 heteroatoms. The summed E-state index contributed by atoms with van der Waals surface area (Å²) in [5.74, 6) is 5.53. The molecule has 76 valence electrons. The molecule has 0 bridgehead atoms. The predicted octanol–water partition coefficient (Wildman–Crippen LogP) is 1.03. The molecule has 0 unspecified atom stereocenters. The monoisotopic (exact) mass is 200 g/mol. The van der Waals surface area contributed by atoms with E-state index in [1.165, 1.54) is 0 Å². The minimum absolute atomic E-state index is 0.0887. The molecule has 0 saturated carbocycles. The van der Waals surface area contributed by atoms with Gasteiger partial charge >= 0.3 is 0 Å². The normalized spacial score (nSPS) is 12.3. The summed E-state index contributed by atoms with van der Waals surface area (Å²) in [5, 5.41) is 0. The van der Waals surface area contributed by atoms with E-state index in [1.54, 1.807) is 18.6 Å². The Kier molecular flexibility index (Phi) is 3.02. The first-order chi connectivity index (χ1) is 7.42. The Balaban J connectivity index is 2.34. The van der Waals surface area contributed by atoms with Gasteiger partial charge < -0.3 is 0 Å². The maximum atomic E-state index is 5.53. The second kappa shape index (κ2) is 4.63. The van der Waals surface area contributed by atoms with Gasteiger partial charge in [0.1, 0.15) is 0 Å². The van der Waals surface area contributed by atoms with Crippen molar-refractivity contribution in [2.75, 3.05) is 0 Å². The molecule has 3 N–H and O–H groups in total. The van der Waals surface area contributed by atoms with E-state index < -0.39 is 0 Å². The highest BCUT2D eigenvalue weighted by molar-refractivity contribution is 5.25. The number of hydrazine groups is 1. The van der Waals surface area contributed by atoms with Crippen LogP contribution in [0, 0.1) is 0 Å². The second-order valence-corrected chi connectivity index (χ2v) is 3.13. The zero-order valence-corrected chi connectivity index (χ0v) is 8.17. The van der Waals surface area contributed by atoms with Gasteiger partial charge in [-0.25, -0.2) is 5.43 Å². The molecule has 0 aliphatic heterocycles. The molecular formula is C11H12N4. The Bertz CT molecular complexity index is 362. The first-order valence-corrected chi connectivity index (χ1v) is 4.69. The summed E-state index contributed by atoms with van der Waals surface area (Å²) in [5.41, 5.74) is 4.69. The Morgan fingerprint density at radius 1 is 1.07 bits per heavy atom. The highest BCUT2D eigenvalue weighted by Crippen LogP contribution is 2.17. The highest BCUT2D eigenvalue weighted by Gasteiger charge is 2.12. The van der Waals surface area contributed by atoms with Crippen LogP contribution in [0.5, 0.6) is 0 Å². The third kappa shape index (κ3) is 2.18. The molecule has 0 amide bonds. The van der Waals surface area contributed by atoms with E-state index in [9.17, 15) is 0 Å². The molecule has 0 aromatic carbocycles. The summed E-state index contributed by atoms with van der Waals surface area (Å²) in [7, 11) is 0. The Labute approximate surface area is 88.2 Å². The highest BCUT2D eigenvalue weighted by atomic mass is 15.2. The average molecular weight is 200 g/mol. The van der Waals surface area contributed by atoms with Crippen LogP contribution in [0.4, 0.5) is 0 Å². The number of nitrogens with two attached hydrogens (primary N) is 1. The fourth-order valence-corrected chi connectivity index (χ4v) is 1.45. The van der Waals surface area contributed by atoms with Gasteiger partial charge in [0.15, 0.2) is 0 Å². The lowest BCUT2D eigenvalue weighted by Gasteiger charge is -2.14. The van der Waals surface area contributed by atoms with Crippen molar-refractivity contribution >= 4 is 0 Å². The molecule has 15 heavy (non-hydrogen) atoms. The van der Waals surface area contributed by atoms with Crippen molar-refractivity contribution < 1.29 is 0 Å². The van der Waals surface area contributed by atoms with E-state index in [4.69, 9.17) is 5.84 Å². The summed E-state index contributed by atoms with van der Waals surface area (Å²) >= 11 is 0. The topological polar surface area (TPSA) is 63.8 Å². The Hall–Kier alpha value is -1.78. The first kappa shape index (κ1) is 9.76. The molecule has 2 aromatic heterocycles. The lowest BCUT2D eigenvalue weighted by atomic mass is 10.1. The molecular weight excluding hydrogens is 188 g/mol. The SMILES string of the molecule is NN[C@@H](c1ccncc1)c1ccccn1. The molecule has 0 radical (unpaired) electrons. The standard InChI is InChI=1S/C11H12N4/c12-15-11(9-4-7-13-8-5-9)10-3-1-2-6-14-10/h1-8,11,15H,12H2/t11-/m0/s1. The fourth-order valence-electron chi connectivity index (χ4n) is 1.45. The van der Waals surface area contributed by atoms with Gasteiger partial charge in [-0.2, -0.15) is 0 Å². The summed E-state index contributed by atoms with van der Waals surface area (Å²) in [6.07, 6.45) is 5.23. The van der Waals surface area contributed by atoms with Crippen LogP contribution in [0.1, 0.15) is 17.3 Å². The van der Waals surface area contributed by atoms with Gasteiger partial charge in [-0.15, -0.1) is 0 Å². The van der Waals surface area contributed by atoms with Gasteiger partial charge in [0.25, 0.3) is 0 Å². The first-order valence-electron chi connectivity index (χ1n) is 4.69. The van der Waals surface area contributed by atoms with E-state index >= 15 is 0 Å². The minimum atomic E-state index is -0.0887. The third-order valence-corrected chi connectivity index (χ3v) is 2.19. The predicted molar refractivity (Wildman–Crippen MR) is 57.6 cm³/mol. The number of hydrogen-bond acceptors (Lipinski definition) is 4. The van der Waals surface area contributed by atoms with Crippen LogP contribution in [-0.4, -0.2) is 9.97 Å². The van der Waals surface area contributed by atoms with Crippen molar-refractivity contribution in [3.8, 4) is 0 Å². The zero-order chi connectivity index (χ0) is 10.5. The van der Waals surface area contributed by atoms with Crippen LogP contribution in [-0.2, 0) is 0 Å². The maximum absolute atomic E-state index is 5.53. The maximum Gasteiger partial charge on any atom is 0.0882 e. The summed E-state index contributed by atoms with van der Waals surface area (Å²) in [4.78, 5) is 8.23. The van der Waals surface area contributed by atoms with Crippen molar-refractivity contribution in [3.63, 3.8) is 0 Å². The molecule has 0 saturated heterocycles. The van der Waals surface area contributed by atoms with Gasteiger partial charge in [-0.1, -0.05) is 6.07 Å². The number of rotatable bonds is 3. The van der Waals surface area contributed by atoms with E-state index in [0.717, 1.165) is 11.3 Å². The number of hydrogen-bond donors (Lipinski definition) is 2. The lowest BCUT2D eigenvalue weighted by molar-refractivity contribution is 0.620. The molecule has 4 nitrogen and oxygen atoms in total. The lowest BCUT2D eigenvalue weighted by Crippen LogP contribution is -2.29. The van der Waals surface area contributed by atoms with Crippen LogP contribution in [0.25, 0.3) is 0 Å². The van der Waals surface area contributed by atoms with Crippen molar-refractivity contribution in [1.29, 1.82) is 0 Å². The molecule has 2 rings (SSSR count). The summed E-state index contributed by atoms with van der Waals surface area (Å²) in [6, 6.07) is 9.50. The second-order valence-electron chi connectivity index (χ2n) is 3.13. The molecule has 2 heterocycles. The third-order valence-electron chi connectivity index (χ3n) is 2.19. The van der Waals surface area contributed by atoms with E-state index in [-0.39, 0.29) is 6.04 Å². The molecule has 0 aliphatic rings. The van der Waals surface area contributed by atoms with Crippen molar-refractivity contribution in [3.05, 3.63) is 60.2 Å². The zero-order valence-electron chi connectivity index (χ0n) is 8.17. The largest absolute Gasteiger partial charge is 0.271 e. The van der Waals surface area contributed by atoms with Crippen molar-refractivity contribution in [2.24, 2.45) is 5.84 Å². The van der Waals surface area contributed by atoms with Crippen LogP contribution in [0.3, 0.4) is 0 Å². The van der Waals surface area contributed by atoms with Gasteiger partial charge in [-0.05, 0) is 29.8 Å². The van der Waals surface area contributed by atoms with Gasteiger partial charge in [-0.3, -0.25) is 15.8 Å². The number of nitrogens with zero attached hydrogens (tertiary/aromatic N) is 2. The van der Waals surface area contributed by atoms with Gasteiger partial charge in [0.2, 0.25) is 0 Å². The molecule has 0 spiro atoms. The number of pyridine rings is 2. The number of nitrogens with one attached hydrogen (secondary N) is 1. The van der Waals surface area contributed by atoms with Crippen LogP contribution >= 0.6 is 0 Å². The van der Waals surface area contributed by atoms with Gasteiger partial charge in [0, 0.05) is 18.6 Å². The van der Waals surface area contributed by atoms with Crippen LogP contribution < -0.4 is 11.3 Å². The van der Waals surface area contributed by atoms with E-state index in [2.05, 4.69) is 15.4 Å². The van der Waals surface area contributed by atoms with Crippen molar-refractivity contribution in [2.45, 2.75) is 6.04 Å². The fraction of sp³-hybridized carbons (Fsp3) is 0.0909. The quantitative estimate of drug-likeness (QED) is 0.573. The average Bonchev–Trinajstić information content (AvgIpc) is 2.33. The van der Waals surface area contributed by atoms with E-state index in [0.29, 0.717) is 0 Å². The Morgan fingerprint density at radius 3 is 2.47 bits per heavy atom. The van der Waals surface area contributed by atoms with Crippen molar-refractivity contribution in [1.82, 2.24) is 15.4 Å². The molecule has 2 aromatic rings. The minimum Gasteiger partial charge on any atom is -0.271 e. The van der Waals surface area contributed by atoms with Crippen LogP contribution in [0.2, 0.25) is 0 Å². The smallest absolute Gasteiger partial charge is 0.0882 e. The summed E-state index contributed by atoms with van der Waals surface area (Å²) in [6.45, 7) is 0. The van der Waals surface area contributed by atoms with E-state index in [1.807, 2.05) is 30.3 Å².